The second kappa shape index (κ2) is 5.25. The molecule has 0 aliphatic carbocycles. The van der Waals surface area contributed by atoms with Crippen LogP contribution in [0, 0.1) is 0 Å². The van der Waals surface area contributed by atoms with Crippen LogP contribution >= 0.6 is 11.3 Å². The highest BCUT2D eigenvalue weighted by Crippen LogP contribution is 2.37. The van der Waals surface area contributed by atoms with Crippen LogP contribution in [0.25, 0.3) is 0 Å². The van der Waals surface area contributed by atoms with Crippen molar-refractivity contribution in [2.24, 2.45) is 0 Å². The van der Waals surface area contributed by atoms with Crippen molar-refractivity contribution in [3.63, 3.8) is 0 Å². The molecule has 2 saturated heterocycles. The molecule has 1 unspecified atom stereocenters. The van der Waals surface area contributed by atoms with Gasteiger partial charge in [-0.3, -0.25) is 0 Å². The average molecular weight is 308 g/mol. The lowest BCUT2D eigenvalue weighted by Gasteiger charge is -2.33. The number of hydrogen-bond donors (Lipinski definition) is 0. The highest BCUT2D eigenvalue weighted by molar-refractivity contribution is 7.14. The molecule has 0 spiro atoms. The molecule has 0 bridgehead atoms. The van der Waals surface area contributed by atoms with Gasteiger partial charge in [-0.15, -0.1) is 11.3 Å². The maximum Gasteiger partial charge on any atom is 0.515 e. The van der Waals surface area contributed by atoms with E-state index in [1.54, 1.807) is 11.3 Å². The van der Waals surface area contributed by atoms with Crippen LogP contribution in [0.2, 0.25) is 0 Å². The van der Waals surface area contributed by atoms with E-state index < -0.39 is 0 Å². The normalized spacial score (nSPS) is 28.1. The summed E-state index contributed by atoms with van der Waals surface area (Å²) in [6.07, 6.45) is 3.84. The molecule has 0 radical (unpaired) electrons. The van der Waals surface area contributed by atoms with Crippen molar-refractivity contribution in [1.29, 1.82) is 0 Å². The Labute approximate surface area is 132 Å². The van der Waals surface area contributed by atoms with E-state index in [1.807, 2.05) is 0 Å². The molecule has 1 aromatic rings. The molecule has 3 heterocycles. The maximum atomic E-state index is 6.08. The molecule has 0 amide bonds. The molecule has 2 fully saturated rings. The number of nitrogens with zero attached hydrogens (tertiary/aromatic N) is 2. The molecular weight excluding hydrogens is 283 g/mol. The van der Waals surface area contributed by atoms with Crippen molar-refractivity contribution in [2.75, 3.05) is 11.4 Å². The fourth-order valence-corrected chi connectivity index (χ4v) is 3.82. The second-order valence-corrected chi connectivity index (χ2v) is 8.02. The van der Waals surface area contributed by atoms with Gasteiger partial charge in [-0.1, -0.05) is 0 Å². The second-order valence-electron chi connectivity index (χ2n) is 7.18. The molecule has 0 saturated carbocycles. The van der Waals surface area contributed by atoms with Crippen molar-refractivity contribution in [3.8, 4) is 0 Å². The lowest BCUT2D eigenvalue weighted by Crippen LogP contribution is -2.41. The van der Waals surface area contributed by atoms with Gasteiger partial charge in [-0.25, -0.2) is 4.98 Å². The average Bonchev–Trinajstić information content (AvgIpc) is 2.94. The third kappa shape index (κ3) is 2.73. The minimum atomic E-state index is -0.347. The standard InChI is InChI=1S/C15H25BN2O2S/c1-11-8-6-7-9-18(11)13-17-12(10-21-13)16-19-14(2,3)15(4,5)20-16/h10-11H,6-9H2,1-5H3. The molecule has 1 aromatic heterocycles. The summed E-state index contributed by atoms with van der Waals surface area (Å²) in [5.74, 6) is 0. The zero-order chi connectivity index (χ0) is 15.3. The monoisotopic (exact) mass is 308 g/mol. The van der Waals surface area contributed by atoms with E-state index in [9.17, 15) is 0 Å². The fourth-order valence-electron chi connectivity index (χ4n) is 2.86. The van der Waals surface area contributed by atoms with Gasteiger partial charge >= 0.3 is 7.12 Å². The summed E-state index contributed by atoms with van der Waals surface area (Å²) in [7, 11) is -0.347. The van der Waals surface area contributed by atoms with E-state index in [0.29, 0.717) is 6.04 Å². The Kier molecular flexibility index (Phi) is 3.83. The lowest BCUT2D eigenvalue weighted by molar-refractivity contribution is 0.00578. The third-order valence-corrected chi connectivity index (χ3v) is 5.95. The van der Waals surface area contributed by atoms with Crippen LogP contribution in [0.1, 0.15) is 53.9 Å². The van der Waals surface area contributed by atoms with Gasteiger partial charge in [0.25, 0.3) is 0 Å². The highest BCUT2D eigenvalue weighted by Gasteiger charge is 2.52. The quantitative estimate of drug-likeness (QED) is 0.787. The van der Waals surface area contributed by atoms with E-state index in [1.165, 1.54) is 19.3 Å². The Balaban J connectivity index is 1.77. The molecule has 6 heteroatoms. The van der Waals surface area contributed by atoms with Gasteiger partial charge in [0.2, 0.25) is 0 Å². The number of thiazole rings is 1. The van der Waals surface area contributed by atoms with Crippen LogP contribution in [-0.2, 0) is 9.31 Å². The topological polar surface area (TPSA) is 34.6 Å². The Hall–Kier alpha value is -0.585. The SMILES string of the molecule is CC1CCCCN1c1nc(B2OC(C)(C)C(C)(C)O2)cs1. The first-order valence-electron chi connectivity index (χ1n) is 7.88. The van der Waals surface area contributed by atoms with Crippen LogP contribution in [0.5, 0.6) is 0 Å². The molecule has 1 atom stereocenters. The van der Waals surface area contributed by atoms with Crippen molar-refractivity contribution >= 4 is 29.2 Å². The Morgan fingerprint density at radius 2 is 1.90 bits per heavy atom. The highest BCUT2D eigenvalue weighted by atomic mass is 32.1. The van der Waals surface area contributed by atoms with Crippen LogP contribution in [-0.4, -0.2) is 35.9 Å². The molecule has 0 aromatic carbocycles. The minimum Gasteiger partial charge on any atom is -0.398 e. The van der Waals surface area contributed by atoms with Crippen LogP contribution in [0.3, 0.4) is 0 Å². The van der Waals surface area contributed by atoms with Crippen LogP contribution in [0.15, 0.2) is 5.38 Å². The van der Waals surface area contributed by atoms with E-state index in [-0.39, 0.29) is 18.3 Å². The Bertz CT molecular complexity index is 502. The molecule has 21 heavy (non-hydrogen) atoms. The van der Waals surface area contributed by atoms with Crippen molar-refractivity contribution < 1.29 is 9.31 Å². The Morgan fingerprint density at radius 1 is 1.24 bits per heavy atom. The van der Waals surface area contributed by atoms with Crippen molar-refractivity contribution in [1.82, 2.24) is 4.98 Å². The minimum absolute atomic E-state index is 0.306. The summed E-state index contributed by atoms with van der Waals surface area (Å²) >= 11 is 1.70. The summed E-state index contributed by atoms with van der Waals surface area (Å²) in [6, 6.07) is 0.580. The van der Waals surface area contributed by atoms with Crippen LogP contribution in [0.4, 0.5) is 5.13 Å². The number of rotatable bonds is 2. The summed E-state index contributed by atoms with van der Waals surface area (Å²) in [4.78, 5) is 7.21. The van der Waals surface area contributed by atoms with Crippen LogP contribution < -0.4 is 10.5 Å². The zero-order valence-electron chi connectivity index (χ0n) is 13.7. The van der Waals surface area contributed by atoms with Gasteiger partial charge in [0.05, 0.1) is 16.8 Å². The molecule has 0 N–H and O–H groups in total. The molecule has 4 nitrogen and oxygen atoms in total. The number of piperidine rings is 1. The first-order chi connectivity index (χ1) is 9.80. The lowest BCUT2D eigenvalue weighted by atomic mass is 9.86. The first kappa shape index (κ1) is 15.3. The van der Waals surface area contributed by atoms with E-state index in [4.69, 9.17) is 14.3 Å². The number of hydrogen-bond acceptors (Lipinski definition) is 5. The summed E-state index contributed by atoms with van der Waals surface area (Å²) in [6.45, 7) is 11.7. The van der Waals surface area contributed by atoms with Gasteiger partial charge < -0.3 is 14.2 Å². The van der Waals surface area contributed by atoms with Gasteiger partial charge in [0, 0.05) is 18.0 Å². The van der Waals surface area contributed by atoms with Gasteiger partial charge in [-0.05, 0) is 53.9 Å². The number of anilines is 1. The zero-order valence-corrected chi connectivity index (χ0v) is 14.5. The largest absolute Gasteiger partial charge is 0.515 e. The summed E-state index contributed by atoms with van der Waals surface area (Å²) in [5.41, 5.74) is 0.297. The van der Waals surface area contributed by atoms with E-state index in [0.717, 1.165) is 17.3 Å². The third-order valence-electron chi connectivity index (χ3n) is 5.05. The fraction of sp³-hybridized carbons (Fsp3) is 0.800. The van der Waals surface area contributed by atoms with Crippen molar-refractivity contribution in [3.05, 3.63) is 5.38 Å². The smallest absolute Gasteiger partial charge is 0.398 e. The molecule has 3 rings (SSSR count). The predicted octanol–water partition coefficient (Wildman–Crippen LogP) is 2.82. The Morgan fingerprint density at radius 3 is 2.52 bits per heavy atom. The van der Waals surface area contributed by atoms with Crippen molar-refractivity contribution in [2.45, 2.75) is 71.1 Å². The van der Waals surface area contributed by atoms with Gasteiger partial charge in [0.1, 0.15) is 0 Å². The number of aromatic nitrogens is 1. The molecular formula is C15H25BN2O2S. The summed E-state index contributed by atoms with van der Waals surface area (Å²) < 4.78 is 12.2. The van der Waals surface area contributed by atoms with Gasteiger partial charge in [0.15, 0.2) is 5.13 Å². The van der Waals surface area contributed by atoms with Gasteiger partial charge in [-0.2, -0.15) is 0 Å². The maximum absolute atomic E-state index is 6.08. The first-order valence-corrected chi connectivity index (χ1v) is 8.76. The predicted molar refractivity (Wildman–Crippen MR) is 88.5 cm³/mol. The molecule has 2 aliphatic rings. The molecule has 2 aliphatic heterocycles. The van der Waals surface area contributed by atoms with E-state index in [2.05, 4.69) is 44.9 Å². The summed E-state index contributed by atoms with van der Waals surface area (Å²) in [5, 5.41) is 3.19. The molecule has 116 valence electrons. The van der Waals surface area contributed by atoms with E-state index >= 15 is 0 Å².